The number of carbonyl (C=O) groups is 1. The molecule has 206 valence electrons. The predicted molar refractivity (Wildman–Crippen MR) is 142 cm³/mol. The molecule has 13 nitrogen and oxygen atoms in total. The number of H-pyrrole nitrogens is 1. The standard InChI is InChI=1S/C25H28N5O8P/c1-17-3-5-18(6-4-17)13-36-39(37-15-35-25(32)38-20-9-7-19(33-2)8-10-20)16-34-12-11-30-14-27-21-22(30)28-24(26)29-23(21)31/h3-10,14H,11-13,15-16H2,1-2H3,(H3,26,28,29,31). The second kappa shape index (κ2) is 13.7. The maximum absolute atomic E-state index is 12.0. The highest BCUT2D eigenvalue weighted by molar-refractivity contribution is 7.46. The number of aromatic nitrogens is 4. The highest BCUT2D eigenvalue weighted by Gasteiger charge is 2.15. The Bertz CT molecular complexity index is 1430. The molecule has 0 amide bonds. The average Bonchev–Trinajstić information content (AvgIpc) is 3.33. The van der Waals surface area contributed by atoms with Crippen molar-refractivity contribution >= 4 is 31.6 Å². The van der Waals surface area contributed by atoms with Gasteiger partial charge in [0.05, 0.1) is 26.7 Å². The Labute approximate surface area is 224 Å². The quantitative estimate of drug-likeness (QED) is 0.0810. The summed E-state index contributed by atoms with van der Waals surface area (Å²) in [6, 6.07) is 14.4. The van der Waals surface area contributed by atoms with Crippen LogP contribution < -0.4 is 20.8 Å². The number of aryl methyl sites for hydroxylation is 1. The highest BCUT2D eigenvalue weighted by Crippen LogP contribution is 2.39. The molecule has 0 aliphatic carbocycles. The van der Waals surface area contributed by atoms with E-state index in [1.807, 2.05) is 31.2 Å². The number of aromatic amines is 1. The fourth-order valence-corrected chi connectivity index (χ4v) is 4.25. The lowest BCUT2D eigenvalue weighted by Crippen LogP contribution is -2.14. The van der Waals surface area contributed by atoms with Crippen LogP contribution in [0.2, 0.25) is 0 Å². The lowest BCUT2D eigenvalue weighted by atomic mass is 10.2. The monoisotopic (exact) mass is 557 g/mol. The normalized spacial score (nSPS) is 11.8. The number of ether oxygens (including phenoxy) is 4. The number of nitrogen functional groups attached to an aromatic ring is 1. The van der Waals surface area contributed by atoms with Crippen molar-refractivity contribution < 1.29 is 32.8 Å². The number of rotatable bonds is 13. The number of hydrogen-bond acceptors (Lipinski definition) is 11. The van der Waals surface area contributed by atoms with Crippen molar-refractivity contribution in [3.05, 3.63) is 76.3 Å². The summed E-state index contributed by atoms with van der Waals surface area (Å²) in [6.07, 6.45) is 0.662. The van der Waals surface area contributed by atoms with E-state index < -0.39 is 26.9 Å². The Kier molecular flexibility index (Phi) is 9.81. The second-order valence-electron chi connectivity index (χ2n) is 8.11. The van der Waals surface area contributed by atoms with E-state index in [4.69, 9.17) is 33.7 Å². The number of anilines is 1. The van der Waals surface area contributed by atoms with Gasteiger partial charge in [-0.3, -0.25) is 14.3 Å². The van der Waals surface area contributed by atoms with Crippen LogP contribution in [0.4, 0.5) is 10.7 Å². The SMILES string of the molecule is COc1ccc(OC(=O)OCOP(COCCn2cnc3c(=O)[nH]c(N)nc32)OCc2ccc(C)cc2)cc1. The number of nitrogens with zero attached hydrogens (tertiary/aromatic N) is 3. The zero-order valence-corrected chi connectivity index (χ0v) is 22.3. The van der Waals surface area contributed by atoms with Gasteiger partial charge in [0.15, 0.2) is 11.2 Å². The lowest BCUT2D eigenvalue weighted by molar-refractivity contribution is 0.0244. The highest BCUT2D eigenvalue weighted by atomic mass is 31.2. The molecule has 4 aromatic rings. The molecule has 1 unspecified atom stereocenters. The molecule has 1 atom stereocenters. The minimum absolute atomic E-state index is 0.00196. The maximum Gasteiger partial charge on any atom is 0.515 e. The van der Waals surface area contributed by atoms with Crippen molar-refractivity contribution in [2.24, 2.45) is 0 Å². The molecule has 0 bridgehead atoms. The third-order valence-corrected chi connectivity index (χ3v) is 6.50. The van der Waals surface area contributed by atoms with Crippen molar-refractivity contribution in [3.8, 4) is 11.5 Å². The van der Waals surface area contributed by atoms with Crippen LogP contribution in [0.3, 0.4) is 0 Å². The van der Waals surface area contributed by atoms with E-state index in [9.17, 15) is 9.59 Å². The average molecular weight is 558 g/mol. The van der Waals surface area contributed by atoms with Crippen LogP contribution in [0, 0.1) is 6.92 Å². The summed E-state index contributed by atoms with van der Waals surface area (Å²) in [6.45, 7) is 2.49. The maximum atomic E-state index is 12.0. The van der Waals surface area contributed by atoms with Gasteiger partial charge in [0.2, 0.25) is 21.1 Å². The van der Waals surface area contributed by atoms with Crippen molar-refractivity contribution in [2.45, 2.75) is 20.1 Å². The molecule has 39 heavy (non-hydrogen) atoms. The van der Waals surface area contributed by atoms with Gasteiger partial charge in [-0.2, -0.15) is 4.98 Å². The summed E-state index contributed by atoms with van der Waals surface area (Å²) >= 11 is 0. The topological polar surface area (TPSA) is 162 Å². The number of benzene rings is 2. The summed E-state index contributed by atoms with van der Waals surface area (Å²) in [5, 5.41) is 0. The Hall–Kier alpha value is -4.03. The van der Waals surface area contributed by atoms with Gasteiger partial charge in [-0.05, 0) is 36.8 Å². The smallest absolute Gasteiger partial charge is 0.497 e. The van der Waals surface area contributed by atoms with Crippen LogP contribution in [-0.2, 0) is 31.7 Å². The third kappa shape index (κ3) is 8.23. The summed E-state index contributed by atoms with van der Waals surface area (Å²) in [7, 11) is -0.0481. The Morgan fingerprint density at radius 3 is 2.56 bits per heavy atom. The first-order valence-electron chi connectivity index (χ1n) is 11.8. The molecule has 2 aromatic carbocycles. The van der Waals surface area contributed by atoms with Gasteiger partial charge in [0, 0.05) is 6.54 Å². The van der Waals surface area contributed by atoms with Crippen LogP contribution >= 0.6 is 8.38 Å². The van der Waals surface area contributed by atoms with Crippen LogP contribution in [0.1, 0.15) is 11.1 Å². The molecular weight excluding hydrogens is 529 g/mol. The van der Waals surface area contributed by atoms with E-state index in [-0.39, 0.29) is 31.0 Å². The van der Waals surface area contributed by atoms with Gasteiger partial charge < -0.3 is 33.8 Å². The van der Waals surface area contributed by atoms with Gasteiger partial charge in [-0.1, -0.05) is 29.8 Å². The minimum Gasteiger partial charge on any atom is -0.497 e. The first-order valence-corrected chi connectivity index (χ1v) is 13.1. The van der Waals surface area contributed by atoms with Gasteiger partial charge in [0.25, 0.3) is 5.56 Å². The molecule has 3 N–H and O–H groups in total. The first-order chi connectivity index (χ1) is 18.9. The van der Waals surface area contributed by atoms with Crippen LogP contribution in [0.5, 0.6) is 11.5 Å². The van der Waals surface area contributed by atoms with E-state index in [2.05, 4.69) is 15.0 Å². The second-order valence-corrected chi connectivity index (χ2v) is 9.55. The number of methoxy groups -OCH3 is 1. The molecule has 4 rings (SSSR count). The summed E-state index contributed by atoms with van der Waals surface area (Å²) in [5.74, 6) is 0.931. The van der Waals surface area contributed by atoms with Crippen molar-refractivity contribution in [3.63, 3.8) is 0 Å². The molecule has 0 aliphatic heterocycles. The fraction of sp³-hybridized carbons (Fsp3) is 0.280. The van der Waals surface area contributed by atoms with Gasteiger partial charge in [-0.15, -0.1) is 0 Å². The predicted octanol–water partition coefficient (Wildman–Crippen LogP) is 3.71. The van der Waals surface area contributed by atoms with Crippen LogP contribution in [-0.4, -0.2) is 52.5 Å². The molecule has 2 aromatic heterocycles. The van der Waals surface area contributed by atoms with Gasteiger partial charge >= 0.3 is 6.16 Å². The van der Waals surface area contributed by atoms with E-state index in [1.165, 1.54) is 6.33 Å². The fourth-order valence-electron chi connectivity index (χ4n) is 3.28. The Morgan fingerprint density at radius 1 is 1.08 bits per heavy atom. The van der Waals surface area contributed by atoms with Crippen LogP contribution in [0.25, 0.3) is 11.2 Å². The van der Waals surface area contributed by atoms with Crippen LogP contribution in [0.15, 0.2) is 59.7 Å². The molecule has 0 fully saturated rings. The number of hydrogen-bond donors (Lipinski definition) is 2. The first kappa shape index (κ1) is 28.0. The lowest BCUT2D eigenvalue weighted by Gasteiger charge is -2.18. The molecule has 0 saturated heterocycles. The van der Waals surface area contributed by atoms with E-state index >= 15 is 0 Å². The molecule has 0 radical (unpaired) electrons. The van der Waals surface area contributed by atoms with Gasteiger partial charge in [0.1, 0.15) is 17.8 Å². The minimum atomic E-state index is -1.59. The number of imidazole rings is 1. The van der Waals surface area contributed by atoms with E-state index in [0.717, 1.165) is 11.1 Å². The van der Waals surface area contributed by atoms with E-state index in [1.54, 1.807) is 35.9 Å². The summed E-state index contributed by atoms with van der Waals surface area (Å²) < 4.78 is 34.2. The molecule has 0 aliphatic rings. The van der Waals surface area contributed by atoms with Gasteiger partial charge in [-0.25, -0.2) is 9.78 Å². The third-order valence-electron chi connectivity index (χ3n) is 5.30. The number of fused-ring (bicyclic) bond motifs is 1. The zero-order chi connectivity index (χ0) is 27.6. The summed E-state index contributed by atoms with van der Waals surface area (Å²) in [4.78, 5) is 34.6. The number of nitrogens with two attached hydrogens (primary N) is 1. The van der Waals surface area contributed by atoms with E-state index in [0.29, 0.717) is 23.7 Å². The molecule has 2 heterocycles. The summed E-state index contributed by atoms with van der Waals surface area (Å²) in [5.41, 5.74) is 7.86. The zero-order valence-electron chi connectivity index (χ0n) is 21.4. The number of nitrogens with one attached hydrogen (secondary N) is 1. The largest absolute Gasteiger partial charge is 0.515 e. The molecule has 0 spiro atoms. The van der Waals surface area contributed by atoms with Crippen molar-refractivity contribution in [2.75, 3.05) is 32.6 Å². The number of carbonyl (C=O) groups excluding carboxylic acids is 1. The van der Waals surface area contributed by atoms with Crippen molar-refractivity contribution in [1.82, 2.24) is 19.5 Å². The van der Waals surface area contributed by atoms with Crippen molar-refractivity contribution in [1.29, 1.82) is 0 Å². The Balaban J connectivity index is 1.28. The molecule has 14 heteroatoms. The Morgan fingerprint density at radius 2 is 1.82 bits per heavy atom. The molecular formula is C25H28N5O8P. The molecule has 0 saturated carbocycles.